The molecule has 0 radical (unpaired) electrons. The lowest BCUT2D eigenvalue weighted by atomic mass is 9.80. The zero-order chi connectivity index (χ0) is 60.1. The molecule has 6 heteroatoms. The summed E-state index contributed by atoms with van der Waals surface area (Å²) in [6.07, 6.45) is 0. The summed E-state index contributed by atoms with van der Waals surface area (Å²) in [6, 6.07) is 118. The lowest BCUT2D eigenvalue weighted by molar-refractivity contribution is 0.850. The molecule has 6 nitrogen and oxygen atoms in total. The van der Waals surface area contributed by atoms with Crippen LogP contribution < -0.4 is 9.80 Å². The first kappa shape index (κ1) is 50.8. The van der Waals surface area contributed by atoms with Gasteiger partial charge in [0.1, 0.15) is 0 Å². The molecule has 14 aromatic carbocycles. The summed E-state index contributed by atoms with van der Waals surface area (Å²) in [6.45, 7) is 1.65. The highest BCUT2D eigenvalue weighted by Gasteiger charge is 2.32. The summed E-state index contributed by atoms with van der Waals surface area (Å²) in [5, 5.41) is 9.87. The molecule has 0 N–H and O–H groups in total. The predicted molar refractivity (Wildman–Crippen MR) is 386 cm³/mol. The number of hydrogen-bond acceptors (Lipinski definition) is 2. The molecular weight excluding hydrogens is 1120 g/mol. The number of para-hydroxylation sites is 8. The van der Waals surface area contributed by atoms with E-state index in [1.807, 2.05) is 0 Å². The van der Waals surface area contributed by atoms with Crippen LogP contribution in [0.3, 0.4) is 0 Å². The van der Waals surface area contributed by atoms with E-state index in [0.717, 1.165) is 52.4 Å². The van der Waals surface area contributed by atoms with Crippen molar-refractivity contribution in [3.63, 3.8) is 0 Å². The van der Waals surface area contributed by atoms with Crippen LogP contribution in [0.2, 0.25) is 0 Å². The number of aromatic nitrogens is 4. The summed E-state index contributed by atoms with van der Waals surface area (Å²) in [4.78, 5) is 5.06. The third-order valence-corrected chi connectivity index (χ3v) is 20.0. The first-order chi connectivity index (χ1) is 45.7. The van der Waals surface area contributed by atoms with Gasteiger partial charge >= 0.3 is 0 Å². The molecule has 0 spiro atoms. The van der Waals surface area contributed by atoms with Crippen molar-refractivity contribution >= 4 is 110 Å². The SMILES string of the molecule is c1ccc(N2CCN(c3ccccc3)c3cc4c(cc32)-c2ccccc2-c2cc(-n3c5ccccc5c5cc(-n6c7ccccc7c7ccccc76)ccc53)ccc2-c2ccc(-n3c5ccccc5c5cc(-n6c7ccccc7c7ccccc76)ccc53)cc2-4)cc1. The van der Waals surface area contributed by atoms with Gasteiger partial charge in [0.25, 0.3) is 0 Å². The average molecular weight is 1170 g/mol. The fourth-order valence-corrected chi connectivity index (χ4v) is 16.0. The average Bonchev–Trinajstić information content (AvgIpc) is 1.21. The standard InChI is InChI=1S/C86H56N6/c1-3-21-55(22-4-1)87-47-48-88(56-23-5-2-6-24-56)86-54-74-72-50-58(92-82-38-20-14-32-70(82)76-52-60(42-46-84(76)92)90-79-35-17-11-29-67(79)68-30-12-18-36-80(68)90)40-44-64(72)63-43-39-57(49-71(63)61-25-7-8-26-62(61)73(74)53-85(86)87)91-81-37-19-13-31-69(81)75-51-59(41-45-83(75)91)89-77-33-15-9-27-65(77)66-28-10-16-34-78(66)89/h1-46,49-54H,47-48H2. The van der Waals surface area contributed by atoms with E-state index in [1.54, 1.807) is 0 Å². The number of benzene rings is 14. The van der Waals surface area contributed by atoms with Crippen LogP contribution in [0.15, 0.2) is 315 Å². The van der Waals surface area contributed by atoms with E-state index in [-0.39, 0.29) is 0 Å². The van der Waals surface area contributed by atoms with Crippen molar-refractivity contribution in [3.8, 4) is 67.3 Å². The van der Waals surface area contributed by atoms with Gasteiger partial charge in [0.2, 0.25) is 0 Å². The smallest absolute Gasteiger partial charge is 0.0659 e. The molecule has 4 aromatic heterocycles. The van der Waals surface area contributed by atoms with Crippen molar-refractivity contribution in [1.29, 1.82) is 0 Å². The van der Waals surface area contributed by atoms with E-state index in [4.69, 9.17) is 0 Å². The molecule has 5 heterocycles. The molecule has 20 rings (SSSR count). The fraction of sp³-hybridized carbons (Fsp3) is 0.0233. The lowest BCUT2D eigenvalue weighted by Gasteiger charge is -2.40. The maximum atomic E-state index is 2.53. The van der Waals surface area contributed by atoms with Crippen molar-refractivity contribution in [2.75, 3.05) is 22.9 Å². The predicted octanol–water partition coefficient (Wildman–Crippen LogP) is 22.3. The molecule has 0 amide bonds. The highest BCUT2D eigenvalue weighted by molar-refractivity contribution is 6.15. The van der Waals surface area contributed by atoms with E-state index in [9.17, 15) is 0 Å². The maximum Gasteiger partial charge on any atom is 0.0659 e. The van der Waals surface area contributed by atoms with Crippen LogP contribution in [0.5, 0.6) is 0 Å². The van der Waals surface area contributed by atoms with E-state index >= 15 is 0 Å². The molecule has 0 bridgehead atoms. The molecule has 1 aliphatic heterocycles. The van der Waals surface area contributed by atoms with Crippen LogP contribution in [0, 0.1) is 0 Å². The van der Waals surface area contributed by atoms with Crippen LogP contribution in [0.4, 0.5) is 22.7 Å². The van der Waals surface area contributed by atoms with Gasteiger partial charge in [-0.05, 0) is 178 Å². The molecule has 0 saturated heterocycles. The number of rotatable bonds is 6. The van der Waals surface area contributed by atoms with E-state index < -0.39 is 0 Å². The first-order valence-electron chi connectivity index (χ1n) is 31.9. The Morgan fingerprint density at radius 1 is 0.163 bits per heavy atom. The van der Waals surface area contributed by atoms with Gasteiger partial charge in [-0.15, -0.1) is 0 Å². The second-order valence-electron chi connectivity index (χ2n) is 24.7. The quantitative estimate of drug-likeness (QED) is 0.166. The molecule has 0 unspecified atom stereocenters. The van der Waals surface area contributed by atoms with Gasteiger partial charge in [0.15, 0.2) is 0 Å². The number of anilines is 4. The van der Waals surface area contributed by atoms with Crippen molar-refractivity contribution in [2.24, 2.45) is 0 Å². The normalized spacial score (nSPS) is 12.9. The van der Waals surface area contributed by atoms with Crippen molar-refractivity contribution < 1.29 is 0 Å². The van der Waals surface area contributed by atoms with Crippen LogP contribution in [0.1, 0.15) is 0 Å². The molecule has 2 aliphatic rings. The Labute approximate surface area is 530 Å². The van der Waals surface area contributed by atoms with Crippen LogP contribution in [-0.2, 0) is 0 Å². The van der Waals surface area contributed by atoms with E-state index in [2.05, 4.69) is 344 Å². The summed E-state index contributed by atoms with van der Waals surface area (Å²) in [5.41, 5.74) is 28.2. The van der Waals surface area contributed by atoms with Crippen molar-refractivity contribution in [2.45, 2.75) is 0 Å². The minimum atomic E-state index is 0.821. The molecular formula is C86H56N6. The summed E-state index contributed by atoms with van der Waals surface area (Å²) < 4.78 is 9.85. The Bertz CT molecular complexity index is 5990. The van der Waals surface area contributed by atoms with Gasteiger partial charge in [-0.25, -0.2) is 0 Å². The van der Waals surface area contributed by atoms with Crippen LogP contribution in [0.25, 0.3) is 154 Å². The maximum absolute atomic E-state index is 2.53. The molecule has 0 atom stereocenters. The molecule has 1 aliphatic carbocycles. The zero-order valence-corrected chi connectivity index (χ0v) is 50.1. The molecule has 0 fully saturated rings. The van der Waals surface area contributed by atoms with Crippen molar-refractivity contribution in [3.05, 3.63) is 315 Å². The number of fused-ring (bicyclic) bond motifs is 21. The summed E-state index contributed by atoms with van der Waals surface area (Å²) >= 11 is 0. The monoisotopic (exact) mass is 1170 g/mol. The Hall–Kier alpha value is -12.1. The Morgan fingerprint density at radius 3 is 0.783 bits per heavy atom. The number of hydrogen-bond donors (Lipinski definition) is 0. The molecule has 92 heavy (non-hydrogen) atoms. The Balaban J connectivity index is 0.830. The summed E-state index contributed by atoms with van der Waals surface area (Å²) in [7, 11) is 0. The van der Waals surface area contributed by atoms with Crippen LogP contribution in [-0.4, -0.2) is 31.4 Å². The minimum absolute atomic E-state index is 0.821. The first-order valence-corrected chi connectivity index (χ1v) is 31.9. The lowest BCUT2D eigenvalue weighted by Crippen LogP contribution is -2.36. The number of nitrogens with zero attached hydrogens (tertiary/aromatic N) is 6. The topological polar surface area (TPSA) is 26.2 Å². The zero-order valence-electron chi connectivity index (χ0n) is 50.1. The molecule has 0 saturated carbocycles. The van der Waals surface area contributed by atoms with Gasteiger partial charge in [0.05, 0.1) is 55.5 Å². The van der Waals surface area contributed by atoms with Gasteiger partial charge in [-0.1, -0.05) is 182 Å². The van der Waals surface area contributed by atoms with Gasteiger partial charge in [-0.3, -0.25) is 0 Å². The summed E-state index contributed by atoms with van der Waals surface area (Å²) in [5.74, 6) is 0. The second-order valence-corrected chi connectivity index (χ2v) is 24.7. The highest BCUT2D eigenvalue weighted by atomic mass is 15.3. The largest absolute Gasteiger partial charge is 0.338 e. The highest BCUT2D eigenvalue weighted by Crippen LogP contribution is 2.54. The Morgan fingerprint density at radius 2 is 0.413 bits per heavy atom. The van der Waals surface area contributed by atoms with E-state index in [0.29, 0.717) is 0 Å². The van der Waals surface area contributed by atoms with Gasteiger partial charge in [0, 0.05) is 90.3 Å². The molecule has 430 valence electrons. The van der Waals surface area contributed by atoms with Gasteiger partial charge in [-0.2, -0.15) is 0 Å². The molecule has 18 aromatic rings. The van der Waals surface area contributed by atoms with Gasteiger partial charge < -0.3 is 28.1 Å². The van der Waals surface area contributed by atoms with Crippen LogP contribution >= 0.6 is 0 Å². The minimum Gasteiger partial charge on any atom is -0.338 e. The third kappa shape index (κ3) is 7.37. The van der Waals surface area contributed by atoms with E-state index in [1.165, 1.54) is 138 Å². The Kier molecular flexibility index (Phi) is 10.9. The second kappa shape index (κ2) is 19.7. The third-order valence-electron chi connectivity index (χ3n) is 20.0. The fourth-order valence-electron chi connectivity index (χ4n) is 16.0. The van der Waals surface area contributed by atoms with Crippen molar-refractivity contribution in [1.82, 2.24) is 18.3 Å².